The molecule has 1 aromatic carbocycles. The van der Waals surface area contributed by atoms with Gasteiger partial charge in [0.1, 0.15) is 17.9 Å². The molecule has 28 heavy (non-hydrogen) atoms. The first-order valence-electron chi connectivity index (χ1n) is 9.20. The van der Waals surface area contributed by atoms with Gasteiger partial charge in [0.15, 0.2) is 5.82 Å². The van der Waals surface area contributed by atoms with Gasteiger partial charge in [0, 0.05) is 44.6 Å². The molecule has 0 N–H and O–H groups in total. The van der Waals surface area contributed by atoms with Crippen LogP contribution in [-0.2, 0) is 11.2 Å². The molecule has 144 valence electrons. The molecular weight excluding hydrogens is 356 g/mol. The average Bonchev–Trinajstić information content (AvgIpc) is 3.29. The summed E-state index contributed by atoms with van der Waals surface area (Å²) in [6.45, 7) is 2.83. The van der Waals surface area contributed by atoms with Gasteiger partial charge in [-0.05, 0) is 23.8 Å². The van der Waals surface area contributed by atoms with E-state index in [-0.39, 0.29) is 5.91 Å². The summed E-state index contributed by atoms with van der Waals surface area (Å²) in [5, 5.41) is 4.21. The van der Waals surface area contributed by atoms with Gasteiger partial charge in [0.05, 0.1) is 13.5 Å². The second-order valence-corrected chi connectivity index (χ2v) is 6.58. The number of amides is 1. The molecule has 3 heterocycles. The number of benzene rings is 1. The molecule has 8 heteroatoms. The van der Waals surface area contributed by atoms with Crippen molar-refractivity contribution < 1.29 is 9.53 Å². The van der Waals surface area contributed by atoms with Crippen LogP contribution < -0.4 is 9.64 Å². The minimum atomic E-state index is 0.143. The third-order valence-corrected chi connectivity index (χ3v) is 4.85. The van der Waals surface area contributed by atoms with Crippen LogP contribution in [0.25, 0.3) is 5.82 Å². The van der Waals surface area contributed by atoms with E-state index >= 15 is 0 Å². The summed E-state index contributed by atoms with van der Waals surface area (Å²) in [6.07, 6.45) is 5.52. The molecule has 4 rings (SSSR count). The normalized spacial score (nSPS) is 14.2. The minimum Gasteiger partial charge on any atom is -0.497 e. The summed E-state index contributed by atoms with van der Waals surface area (Å²) in [7, 11) is 1.63. The summed E-state index contributed by atoms with van der Waals surface area (Å²) >= 11 is 0. The zero-order valence-corrected chi connectivity index (χ0v) is 15.7. The summed E-state index contributed by atoms with van der Waals surface area (Å²) in [4.78, 5) is 25.4. The van der Waals surface area contributed by atoms with Crippen LogP contribution in [-0.4, -0.2) is 63.8 Å². The molecule has 0 radical (unpaired) electrons. The van der Waals surface area contributed by atoms with Gasteiger partial charge in [-0.1, -0.05) is 12.1 Å². The Labute approximate surface area is 163 Å². The van der Waals surface area contributed by atoms with Crippen LogP contribution in [0.4, 0.5) is 5.82 Å². The Morgan fingerprint density at radius 1 is 1.07 bits per heavy atom. The third-order valence-electron chi connectivity index (χ3n) is 4.85. The molecule has 3 aromatic rings. The molecule has 1 saturated heterocycles. The van der Waals surface area contributed by atoms with E-state index in [1.54, 1.807) is 24.3 Å². The average molecular weight is 378 g/mol. The van der Waals surface area contributed by atoms with E-state index in [9.17, 15) is 4.79 Å². The van der Waals surface area contributed by atoms with Crippen LogP contribution in [0, 0.1) is 0 Å². The number of ether oxygens (including phenoxy) is 1. The van der Waals surface area contributed by atoms with Crippen molar-refractivity contribution in [1.82, 2.24) is 24.6 Å². The van der Waals surface area contributed by atoms with Crippen molar-refractivity contribution in [2.24, 2.45) is 0 Å². The molecule has 0 aliphatic carbocycles. The monoisotopic (exact) mass is 378 g/mol. The van der Waals surface area contributed by atoms with Crippen molar-refractivity contribution in [3.8, 4) is 11.6 Å². The van der Waals surface area contributed by atoms with Crippen LogP contribution in [0.15, 0.2) is 55.1 Å². The summed E-state index contributed by atoms with van der Waals surface area (Å²) in [5.74, 6) is 2.52. The molecule has 0 saturated carbocycles. The van der Waals surface area contributed by atoms with Crippen molar-refractivity contribution in [3.05, 3.63) is 60.7 Å². The van der Waals surface area contributed by atoms with E-state index in [2.05, 4.69) is 20.0 Å². The highest BCUT2D eigenvalue weighted by molar-refractivity contribution is 5.79. The number of carbonyl (C=O) groups excluding carboxylic acids is 1. The molecule has 0 atom stereocenters. The first-order valence-corrected chi connectivity index (χ1v) is 9.20. The Bertz CT molecular complexity index is 918. The second-order valence-electron chi connectivity index (χ2n) is 6.58. The zero-order valence-electron chi connectivity index (χ0n) is 15.7. The molecule has 0 unspecified atom stereocenters. The fourth-order valence-corrected chi connectivity index (χ4v) is 3.25. The zero-order chi connectivity index (χ0) is 19.3. The maximum absolute atomic E-state index is 12.6. The number of anilines is 1. The number of nitrogens with zero attached hydrogens (tertiary/aromatic N) is 6. The fourth-order valence-electron chi connectivity index (χ4n) is 3.25. The van der Waals surface area contributed by atoms with E-state index in [1.165, 1.54) is 0 Å². The second kappa shape index (κ2) is 8.08. The highest BCUT2D eigenvalue weighted by Crippen LogP contribution is 2.17. The van der Waals surface area contributed by atoms with Gasteiger partial charge in [0.2, 0.25) is 5.91 Å². The molecule has 1 aliphatic heterocycles. The van der Waals surface area contributed by atoms with E-state index in [1.807, 2.05) is 47.5 Å². The Morgan fingerprint density at radius 3 is 2.50 bits per heavy atom. The third kappa shape index (κ3) is 3.95. The fraction of sp³-hybridized carbons (Fsp3) is 0.300. The van der Waals surface area contributed by atoms with Crippen LogP contribution in [0.3, 0.4) is 0 Å². The molecule has 2 aromatic heterocycles. The van der Waals surface area contributed by atoms with Crippen molar-refractivity contribution in [3.63, 3.8) is 0 Å². The van der Waals surface area contributed by atoms with Crippen LogP contribution in [0.5, 0.6) is 5.75 Å². The van der Waals surface area contributed by atoms with Crippen LogP contribution in [0.2, 0.25) is 0 Å². The number of hydrogen-bond acceptors (Lipinski definition) is 6. The lowest BCUT2D eigenvalue weighted by atomic mass is 10.1. The molecule has 0 spiro atoms. The van der Waals surface area contributed by atoms with Gasteiger partial charge in [-0.15, -0.1) is 0 Å². The minimum absolute atomic E-state index is 0.143. The van der Waals surface area contributed by atoms with E-state index in [0.717, 1.165) is 36.0 Å². The topological polar surface area (TPSA) is 76.4 Å². The molecular formula is C20H22N6O2. The SMILES string of the molecule is COc1ccc(CC(=O)N2CCN(c3cc(-n4cccn4)ncn3)CC2)cc1. The number of aromatic nitrogens is 4. The summed E-state index contributed by atoms with van der Waals surface area (Å²) in [6, 6.07) is 11.4. The Hall–Kier alpha value is -3.42. The van der Waals surface area contributed by atoms with Gasteiger partial charge < -0.3 is 14.5 Å². The van der Waals surface area contributed by atoms with E-state index in [0.29, 0.717) is 19.5 Å². The van der Waals surface area contributed by atoms with Gasteiger partial charge in [-0.2, -0.15) is 5.10 Å². The predicted octanol–water partition coefficient (Wildman–Crippen LogP) is 1.56. The Morgan fingerprint density at radius 2 is 1.82 bits per heavy atom. The first kappa shape index (κ1) is 18.0. The first-order chi connectivity index (χ1) is 13.7. The van der Waals surface area contributed by atoms with E-state index < -0.39 is 0 Å². The number of carbonyl (C=O) groups is 1. The number of rotatable bonds is 5. The molecule has 1 aliphatic rings. The number of methoxy groups -OCH3 is 1. The van der Waals surface area contributed by atoms with Gasteiger partial charge in [0.25, 0.3) is 0 Å². The summed E-state index contributed by atoms with van der Waals surface area (Å²) in [5.41, 5.74) is 0.993. The Balaban J connectivity index is 1.35. The maximum atomic E-state index is 12.6. The smallest absolute Gasteiger partial charge is 0.227 e. The molecule has 1 fully saturated rings. The molecule has 8 nitrogen and oxygen atoms in total. The van der Waals surface area contributed by atoms with Crippen molar-refractivity contribution in [2.45, 2.75) is 6.42 Å². The number of hydrogen-bond donors (Lipinski definition) is 0. The highest BCUT2D eigenvalue weighted by atomic mass is 16.5. The van der Waals surface area contributed by atoms with Crippen molar-refractivity contribution >= 4 is 11.7 Å². The van der Waals surface area contributed by atoms with Crippen LogP contribution >= 0.6 is 0 Å². The highest BCUT2D eigenvalue weighted by Gasteiger charge is 2.22. The molecule has 1 amide bonds. The van der Waals surface area contributed by atoms with Crippen molar-refractivity contribution in [2.75, 3.05) is 38.2 Å². The largest absolute Gasteiger partial charge is 0.497 e. The van der Waals surface area contributed by atoms with E-state index in [4.69, 9.17) is 4.74 Å². The van der Waals surface area contributed by atoms with Gasteiger partial charge >= 0.3 is 0 Å². The lowest BCUT2D eigenvalue weighted by Crippen LogP contribution is -2.49. The molecule has 0 bridgehead atoms. The lowest BCUT2D eigenvalue weighted by molar-refractivity contribution is -0.130. The Kier molecular flexibility index (Phi) is 5.18. The van der Waals surface area contributed by atoms with Crippen molar-refractivity contribution in [1.29, 1.82) is 0 Å². The number of piperazine rings is 1. The standard InChI is InChI=1S/C20H22N6O2/c1-28-17-5-3-16(4-6-17)13-20(27)25-11-9-24(10-12-25)18-14-19(22-15-21-18)26-8-2-7-23-26/h2-8,14-15H,9-13H2,1H3. The quantitative estimate of drug-likeness (QED) is 0.671. The summed E-state index contributed by atoms with van der Waals surface area (Å²) < 4.78 is 6.87. The van der Waals surface area contributed by atoms with Gasteiger partial charge in [-0.3, -0.25) is 4.79 Å². The predicted molar refractivity (Wildman–Crippen MR) is 105 cm³/mol. The maximum Gasteiger partial charge on any atom is 0.227 e. The lowest BCUT2D eigenvalue weighted by Gasteiger charge is -2.35. The van der Waals surface area contributed by atoms with Gasteiger partial charge in [-0.25, -0.2) is 14.6 Å². The van der Waals surface area contributed by atoms with Crippen LogP contribution in [0.1, 0.15) is 5.56 Å².